The number of carbonyl (C=O) groups is 1. The minimum Gasteiger partial charge on any atom is -0.428 e. The summed E-state index contributed by atoms with van der Waals surface area (Å²) in [5.74, 6) is -0.462. The number of fused-ring (bicyclic) bond motifs is 3. The Kier molecular flexibility index (Phi) is 5.87. The van der Waals surface area contributed by atoms with Gasteiger partial charge < -0.3 is 15.4 Å². The van der Waals surface area contributed by atoms with Crippen LogP contribution in [0.2, 0.25) is 0 Å². The van der Waals surface area contributed by atoms with Crippen molar-refractivity contribution in [3.8, 4) is 17.1 Å². The molecular formula is C23H20F4N6O2. The van der Waals surface area contributed by atoms with E-state index < -0.39 is 24.3 Å². The van der Waals surface area contributed by atoms with E-state index in [4.69, 9.17) is 0 Å². The van der Waals surface area contributed by atoms with Gasteiger partial charge in [0, 0.05) is 11.9 Å². The molecule has 1 fully saturated rings. The molecule has 1 saturated heterocycles. The number of anilines is 1. The van der Waals surface area contributed by atoms with Gasteiger partial charge in [0.25, 0.3) is 0 Å². The molecule has 1 aliphatic rings. The molecule has 2 aromatic carbocycles. The number of halogens is 4. The molecule has 1 aliphatic heterocycles. The summed E-state index contributed by atoms with van der Waals surface area (Å²) in [5, 5.41) is 11.0. The Balaban J connectivity index is 1.63. The first kappa shape index (κ1) is 22.8. The van der Waals surface area contributed by atoms with E-state index in [2.05, 4.69) is 30.4 Å². The lowest BCUT2D eigenvalue weighted by Crippen LogP contribution is -2.38. The quantitative estimate of drug-likeness (QED) is 0.394. The minimum atomic E-state index is -4.69. The van der Waals surface area contributed by atoms with Crippen LogP contribution in [-0.2, 0) is 4.79 Å². The van der Waals surface area contributed by atoms with Gasteiger partial charge in [-0.05, 0) is 43.5 Å². The standard InChI is InChI=1S/C23H20F4N6O2/c24-21(25)23(26,27)35-17-11-4-2-8-14(17)18-31-19-13-7-1-3-9-15(13)29-22(33(19)32-18)30-16-10-5-6-12-28-20(16)34/h1-4,7-9,11,16,21H,5-6,10,12H2,(H,28,34)(H,29,30)/t16-/m0/s1. The number of nitrogens with zero attached hydrogens (tertiary/aromatic N) is 4. The van der Waals surface area contributed by atoms with Crippen LogP contribution < -0.4 is 15.4 Å². The highest BCUT2D eigenvalue weighted by molar-refractivity contribution is 5.93. The number of alkyl halides is 4. The van der Waals surface area contributed by atoms with Gasteiger partial charge in [0.1, 0.15) is 11.8 Å². The van der Waals surface area contributed by atoms with Crippen LogP contribution >= 0.6 is 0 Å². The lowest BCUT2D eigenvalue weighted by molar-refractivity contribution is -0.253. The maximum Gasteiger partial charge on any atom is 0.461 e. The van der Waals surface area contributed by atoms with Gasteiger partial charge >= 0.3 is 12.5 Å². The zero-order chi connectivity index (χ0) is 24.6. The third-order valence-corrected chi connectivity index (χ3v) is 5.65. The number of hydrogen-bond acceptors (Lipinski definition) is 6. The largest absolute Gasteiger partial charge is 0.461 e. The van der Waals surface area contributed by atoms with Crippen molar-refractivity contribution in [2.24, 2.45) is 0 Å². The van der Waals surface area contributed by atoms with Crippen LogP contribution in [0.5, 0.6) is 5.75 Å². The Morgan fingerprint density at radius 3 is 2.69 bits per heavy atom. The molecule has 1 atom stereocenters. The molecule has 8 nitrogen and oxygen atoms in total. The smallest absolute Gasteiger partial charge is 0.428 e. The van der Waals surface area contributed by atoms with Crippen LogP contribution in [-0.4, -0.2) is 50.6 Å². The molecule has 12 heteroatoms. The third kappa shape index (κ3) is 4.43. The van der Waals surface area contributed by atoms with Crippen LogP contribution in [0, 0.1) is 0 Å². The first-order valence-electron chi connectivity index (χ1n) is 11.0. The van der Waals surface area contributed by atoms with Crippen molar-refractivity contribution in [3.05, 3.63) is 48.5 Å². The van der Waals surface area contributed by atoms with E-state index in [9.17, 15) is 22.4 Å². The van der Waals surface area contributed by atoms with Crippen molar-refractivity contribution in [3.63, 3.8) is 0 Å². The normalized spacial score (nSPS) is 16.9. The molecular weight excluding hydrogens is 468 g/mol. The zero-order valence-corrected chi connectivity index (χ0v) is 18.2. The molecule has 2 aromatic heterocycles. The summed E-state index contributed by atoms with van der Waals surface area (Å²) in [6.07, 6.45) is -6.43. The Morgan fingerprint density at radius 2 is 1.86 bits per heavy atom. The molecule has 0 radical (unpaired) electrons. The van der Waals surface area contributed by atoms with Crippen molar-refractivity contribution >= 4 is 28.4 Å². The summed E-state index contributed by atoms with van der Waals surface area (Å²) in [6, 6.07) is 12.0. The average molecular weight is 488 g/mol. The highest BCUT2D eigenvalue weighted by atomic mass is 19.3. The molecule has 4 aromatic rings. The topological polar surface area (TPSA) is 93.4 Å². The van der Waals surface area contributed by atoms with E-state index in [0.717, 1.165) is 18.9 Å². The van der Waals surface area contributed by atoms with Gasteiger partial charge in [-0.25, -0.2) is 9.97 Å². The van der Waals surface area contributed by atoms with Crippen LogP contribution in [0.4, 0.5) is 23.5 Å². The molecule has 5 rings (SSSR count). The highest BCUT2D eigenvalue weighted by Crippen LogP contribution is 2.35. The van der Waals surface area contributed by atoms with Gasteiger partial charge in [-0.15, -0.1) is 5.10 Å². The summed E-state index contributed by atoms with van der Waals surface area (Å²) in [6.45, 7) is 0.588. The van der Waals surface area contributed by atoms with Gasteiger partial charge in [0.2, 0.25) is 11.9 Å². The number of aromatic nitrogens is 4. The van der Waals surface area contributed by atoms with E-state index in [1.165, 1.54) is 22.7 Å². The molecule has 0 aliphatic carbocycles. The molecule has 0 bridgehead atoms. The Hall–Kier alpha value is -3.96. The van der Waals surface area contributed by atoms with Crippen molar-refractivity contribution in [2.45, 2.75) is 37.8 Å². The second-order valence-corrected chi connectivity index (χ2v) is 8.07. The third-order valence-electron chi connectivity index (χ3n) is 5.65. The summed E-state index contributed by atoms with van der Waals surface area (Å²) in [5.41, 5.74) is 0.917. The number of ether oxygens (including phenoxy) is 1. The van der Waals surface area contributed by atoms with Crippen LogP contribution in [0.25, 0.3) is 27.9 Å². The first-order valence-corrected chi connectivity index (χ1v) is 11.0. The van der Waals surface area contributed by atoms with Crippen LogP contribution in [0.1, 0.15) is 19.3 Å². The summed E-state index contributed by atoms with van der Waals surface area (Å²) in [4.78, 5) is 21.6. The molecule has 0 spiro atoms. The van der Waals surface area contributed by atoms with Gasteiger partial charge in [-0.2, -0.15) is 22.1 Å². The second kappa shape index (κ2) is 9.01. The summed E-state index contributed by atoms with van der Waals surface area (Å²) in [7, 11) is 0. The van der Waals surface area contributed by atoms with Crippen molar-refractivity contribution in [2.75, 3.05) is 11.9 Å². The Morgan fingerprint density at radius 1 is 1.09 bits per heavy atom. The van der Waals surface area contributed by atoms with Crippen molar-refractivity contribution in [1.29, 1.82) is 0 Å². The molecule has 35 heavy (non-hydrogen) atoms. The maximum absolute atomic E-state index is 13.7. The number of benzene rings is 2. The molecule has 0 unspecified atom stereocenters. The number of para-hydroxylation sites is 2. The number of rotatable bonds is 6. The second-order valence-electron chi connectivity index (χ2n) is 8.07. The molecule has 1 amide bonds. The summed E-state index contributed by atoms with van der Waals surface area (Å²) >= 11 is 0. The Labute approximate surface area is 196 Å². The van der Waals surface area contributed by atoms with Crippen molar-refractivity contribution < 1.29 is 27.1 Å². The molecule has 3 heterocycles. The van der Waals surface area contributed by atoms with Gasteiger partial charge in [-0.1, -0.05) is 24.3 Å². The zero-order valence-electron chi connectivity index (χ0n) is 18.2. The fourth-order valence-corrected chi connectivity index (χ4v) is 3.93. The molecule has 182 valence electrons. The van der Waals surface area contributed by atoms with E-state index in [1.54, 1.807) is 24.3 Å². The van der Waals surface area contributed by atoms with Crippen LogP contribution in [0.3, 0.4) is 0 Å². The lowest BCUT2D eigenvalue weighted by atomic mass is 10.1. The van der Waals surface area contributed by atoms with Crippen LogP contribution in [0.15, 0.2) is 48.5 Å². The van der Waals surface area contributed by atoms with Crippen molar-refractivity contribution in [1.82, 2.24) is 24.9 Å². The van der Waals surface area contributed by atoms with Gasteiger partial charge in [-0.3, -0.25) is 4.79 Å². The fraction of sp³-hybridized carbons (Fsp3) is 0.304. The molecule has 0 saturated carbocycles. The predicted molar refractivity (Wildman–Crippen MR) is 120 cm³/mol. The van der Waals surface area contributed by atoms with Gasteiger partial charge in [0.05, 0.1) is 11.1 Å². The number of amides is 1. The number of nitrogens with one attached hydrogen (secondary N) is 2. The monoisotopic (exact) mass is 488 g/mol. The highest BCUT2D eigenvalue weighted by Gasteiger charge is 2.44. The first-order chi connectivity index (χ1) is 16.8. The number of carbonyl (C=O) groups excluding carboxylic acids is 1. The minimum absolute atomic E-state index is 0.00114. The van der Waals surface area contributed by atoms with E-state index in [-0.39, 0.29) is 23.2 Å². The SMILES string of the molecule is O=C1NCCCC[C@@H]1Nc1nc2ccccc2c2nc(-c3ccccc3OC(F)(F)C(F)F)nn12. The predicted octanol–water partition coefficient (Wildman–Crippen LogP) is 4.26. The maximum atomic E-state index is 13.7. The number of hydrogen-bond donors (Lipinski definition) is 2. The van der Waals surface area contributed by atoms with E-state index in [0.29, 0.717) is 29.5 Å². The lowest BCUT2D eigenvalue weighted by Gasteiger charge is -2.18. The van der Waals surface area contributed by atoms with E-state index >= 15 is 0 Å². The fourth-order valence-electron chi connectivity index (χ4n) is 3.93. The van der Waals surface area contributed by atoms with Gasteiger partial charge in [0.15, 0.2) is 11.5 Å². The average Bonchev–Trinajstić information content (AvgIpc) is 3.19. The molecule has 2 N–H and O–H groups in total. The summed E-state index contributed by atoms with van der Waals surface area (Å²) < 4.78 is 58.5. The van der Waals surface area contributed by atoms with E-state index in [1.807, 2.05) is 0 Å². The Bertz CT molecular complexity index is 1390.